The number of nitrogens with two attached hydrogens (primary N) is 1. The largest absolute Gasteiger partial charge is 0.352 e. The number of piperidine rings is 1. The van der Waals surface area contributed by atoms with Crippen LogP contribution in [-0.2, 0) is 4.79 Å². The Morgan fingerprint density at radius 2 is 2.11 bits per heavy atom. The molecule has 0 bridgehead atoms. The summed E-state index contributed by atoms with van der Waals surface area (Å²) in [4.78, 5) is 14.2. The van der Waals surface area contributed by atoms with Crippen LogP contribution in [0.3, 0.4) is 0 Å². The van der Waals surface area contributed by atoms with Crippen LogP contribution in [0.15, 0.2) is 0 Å². The van der Waals surface area contributed by atoms with E-state index in [9.17, 15) is 4.79 Å². The molecule has 0 radical (unpaired) electrons. The summed E-state index contributed by atoms with van der Waals surface area (Å²) in [6.45, 7) is 8.65. The van der Waals surface area contributed by atoms with Gasteiger partial charge in [0.1, 0.15) is 0 Å². The molecule has 1 saturated heterocycles. The Hall–Kier alpha value is -0.610. The molecular weight excluding hydrogens is 226 g/mol. The summed E-state index contributed by atoms with van der Waals surface area (Å²) in [5, 5.41) is 3.10. The predicted molar refractivity (Wildman–Crippen MR) is 75.3 cm³/mol. The molecule has 0 aliphatic carbocycles. The molecule has 0 saturated carbocycles. The lowest BCUT2D eigenvalue weighted by Crippen LogP contribution is -2.51. The Morgan fingerprint density at radius 1 is 1.44 bits per heavy atom. The fourth-order valence-electron chi connectivity index (χ4n) is 2.70. The first-order chi connectivity index (χ1) is 8.60. The van der Waals surface area contributed by atoms with Crippen molar-refractivity contribution in [1.29, 1.82) is 0 Å². The van der Waals surface area contributed by atoms with Gasteiger partial charge in [0, 0.05) is 18.6 Å². The van der Waals surface area contributed by atoms with Crippen molar-refractivity contribution in [3.05, 3.63) is 0 Å². The van der Waals surface area contributed by atoms with Crippen LogP contribution < -0.4 is 11.1 Å². The molecule has 0 spiro atoms. The molecule has 18 heavy (non-hydrogen) atoms. The van der Waals surface area contributed by atoms with Crippen molar-refractivity contribution < 1.29 is 4.79 Å². The minimum absolute atomic E-state index is 0.150. The van der Waals surface area contributed by atoms with Gasteiger partial charge in [-0.05, 0) is 38.1 Å². The number of nitrogens with one attached hydrogen (secondary N) is 1. The number of hydrogen-bond donors (Lipinski definition) is 2. The topological polar surface area (TPSA) is 58.4 Å². The molecule has 1 heterocycles. The second-order valence-corrected chi connectivity index (χ2v) is 5.57. The van der Waals surface area contributed by atoms with Crippen LogP contribution in [0.1, 0.15) is 46.5 Å². The standard InChI is InChI=1S/C14H29N3O/c1-4-12(5-2)16-14(18)10-17-7-6-11(3)8-13(17)9-15/h11-13H,4-10,15H2,1-3H3,(H,16,18). The molecule has 1 aliphatic heterocycles. The average Bonchev–Trinajstić information content (AvgIpc) is 2.38. The summed E-state index contributed by atoms with van der Waals surface area (Å²) in [5.41, 5.74) is 5.81. The Bertz CT molecular complexity index is 253. The third-order valence-corrected chi connectivity index (χ3v) is 4.07. The van der Waals surface area contributed by atoms with Crippen LogP contribution in [0, 0.1) is 5.92 Å². The lowest BCUT2D eigenvalue weighted by molar-refractivity contribution is -0.124. The monoisotopic (exact) mass is 255 g/mol. The van der Waals surface area contributed by atoms with Crippen molar-refractivity contribution in [2.45, 2.75) is 58.5 Å². The van der Waals surface area contributed by atoms with Gasteiger partial charge >= 0.3 is 0 Å². The second kappa shape index (κ2) is 7.74. The Morgan fingerprint density at radius 3 is 2.67 bits per heavy atom. The molecule has 2 atom stereocenters. The number of amides is 1. The third-order valence-electron chi connectivity index (χ3n) is 4.07. The summed E-state index contributed by atoms with van der Waals surface area (Å²) in [5.74, 6) is 0.883. The minimum atomic E-state index is 0.150. The maximum atomic E-state index is 12.0. The summed E-state index contributed by atoms with van der Waals surface area (Å²) in [7, 11) is 0. The number of rotatable bonds is 6. The molecule has 1 amide bonds. The van der Waals surface area contributed by atoms with Crippen molar-refractivity contribution in [2.24, 2.45) is 11.7 Å². The lowest BCUT2D eigenvalue weighted by atomic mass is 9.92. The fraction of sp³-hybridized carbons (Fsp3) is 0.929. The van der Waals surface area contributed by atoms with Gasteiger partial charge in [0.05, 0.1) is 6.54 Å². The summed E-state index contributed by atoms with van der Waals surface area (Å²) >= 11 is 0. The molecule has 0 aromatic carbocycles. The van der Waals surface area contributed by atoms with Gasteiger partial charge in [-0.1, -0.05) is 20.8 Å². The van der Waals surface area contributed by atoms with Gasteiger partial charge in [-0.25, -0.2) is 0 Å². The van der Waals surface area contributed by atoms with Crippen LogP contribution >= 0.6 is 0 Å². The molecule has 1 fully saturated rings. The van der Waals surface area contributed by atoms with Crippen LogP contribution in [0.25, 0.3) is 0 Å². The van der Waals surface area contributed by atoms with Crippen LogP contribution in [-0.4, -0.2) is 42.5 Å². The van der Waals surface area contributed by atoms with Crippen molar-refractivity contribution in [2.75, 3.05) is 19.6 Å². The lowest BCUT2D eigenvalue weighted by Gasteiger charge is -2.37. The molecular formula is C14H29N3O. The maximum absolute atomic E-state index is 12.0. The Labute approximate surface area is 111 Å². The van der Waals surface area contributed by atoms with Gasteiger partial charge in [0.2, 0.25) is 5.91 Å². The van der Waals surface area contributed by atoms with Crippen LogP contribution in [0.4, 0.5) is 0 Å². The van der Waals surface area contributed by atoms with Gasteiger partial charge in [-0.15, -0.1) is 0 Å². The summed E-state index contributed by atoms with van der Waals surface area (Å²) in [6.07, 6.45) is 4.29. The zero-order valence-corrected chi connectivity index (χ0v) is 12.1. The highest BCUT2D eigenvalue weighted by Crippen LogP contribution is 2.21. The fourth-order valence-corrected chi connectivity index (χ4v) is 2.70. The van der Waals surface area contributed by atoms with Crippen molar-refractivity contribution >= 4 is 5.91 Å². The van der Waals surface area contributed by atoms with Crippen molar-refractivity contribution in [1.82, 2.24) is 10.2 Å². The van der Waals surface area contributed by atoms with Crippen LogP contribution in [0.2, 0.25) is 0 Å². The minimum Gasteiger partial charge on any atom is -0.352 e. The number of carbonyl (C=O) groups is 1. The summed E-state index contributed by atoms with van der Waals surface area (Å²) in [6, 6.07) is 0.693. The number of nitrogens with zero attached hydrogens (tertiary/aromatic N) is 1. The molecule has 0 aromatic rings. The summed E-state index contributed by atoms with van der Waals surface area (Å²) < 4.78 is 0. The molecule has 0 aromatic heterocycles. The van der Waals surface area contributed by atoms with E-state index in [1.807, 2.05) is 0 Å². The smallest absolute Gasteiger partial charge is 0.234 e. The van der Waals surface area contributed by atoms with E-state index in [1.54, 1.807) is 0 Å². The highest BCUT2D eigenvalue weighted by molar-refractivity contribution is 5.78. The highest BCUT2D eigenvalue weighted by atomic mass is 16.2. The molecule has 1 aliphatic rings. The van der Waals surface area contributed by atoms with E-state index in [0.29, 0.717) is 25.2 Å². The average molecular weight is 255 g/mol. The van der Waals surface area contributed by atoms with E-state index in [2.05, 4.69) is 31.0 Å². The van der Waals surface area contributed by atoms with Crippen LogP contribution in [0.5, 0.6) is 0 Å². The van der Waals surface area contributed by atoms with E-state index in [1.165, 1.54) is 6.42 Å². The number of carbonyl (C=O) groups excluding carboxylic acids is 1. The SMILES string of the molecule is CCC(CC)NC(=O)CN1CCC(C)CC1CN. The van der Waals surface area contributed by atoms with E-state index in [0.717, 1.165) is 31.7 Å². The van der Waals surface area contributed by atoms with Gasteiger partial charge in [0.25, 0.3) is 0 Å². The van der Waals surface area contributed by atoms with Gasteiger partial charge in [-0.3, -0.25) is 9.69 Å². The van der Waals surface area contributed by atoms with E-state index in [-0.39, 0.29) is 5.91 Å². The first-order valence-electron chi connectivity index (χ1n) is 7.34. The Balaban J connectivity index is 2.42. The number of hydrogen-bond acceptors (Lipinski definition) is 3. The molecule has 4 nitrogen and oxygen atoms in total. The van der Waals surface area contributed by atoms with Crippen molar-refractivity contribution in [3.63, 3.8) is 0 Å². The third kappa shape index (κ3) is 4.58. The zero-order chi connectivity index (χ0) is 13.5. The van der Waals surface area contributed by atoms with E-state index >= 15 is 0 Å². The maximum Gasteiger partial charge on any atom is 0.234 e. The zero-order valence-electron chi connectivity index (χ0n) is 12.1. The first-order valence-corrected chi connectivity index (χ1v) is 7.34. The van der Waals surface area contributed by atoms with Gasteiger partial charge < -0.3 is 11.1 Å². The van der Waals surface area contributed by atoms with E-state index < -0.39 is 0 Å². The number of likely N-dealkylation sites (tertiary alicyclic amines) is 1. The van der Waals surface area contributed by atoms with Crippen molar-refractivity contribution in [3.8, 4) is 0 Å². The molecule has 4 heteroatoms. The molecule has 2 unspecified atom stereocenters. The second-order valence-electron chi connectivity index (χ2n) is 5.57. The first kappa shape index (κ1) is 15.4. The van der Waals surface area contributed by atoms with E-state index in [4.69, 9.17) is 5.73 Å². The van der Waals surface area contributed by atoms with Gasteiger partial charge in [0.15, 0.2) is 0 Å². The Kier molecular flexibility index (Phi) is 6.65. The molecule has 106 valence electrons. The molecule has 3 N–H and O–H groups in total. The quantitative estimate of drug-likeness (QED) is 0.753. The highest BCUT2D eigenvalue weighted by Gasteiger charge is 2.26. The molecule has 1 rings (SSSR count). The normalized spacial score (nSPS) is 25.4. The van der Waals surface area contributed by atoms with Gasteiger partial charge in [-0.2, -0.15) is 0 Å². The predicted octanol–water partition coefficient (Wildman–Crippen LogP) is 1.35.